The Balaban J connectivity index is 1.44. The van der Waals surface area contributed by atoms with Crippen LogP contribution >= 0.6 is 0 Å². The van der Waals surface area contributed by atoms with Crippen LogP contribution in [0.15, 0.2) is 77.7 Å². The first-order valence-electron chi connectivity index (χ1n) is 9.28. The number of carbonyl (C=O) groups is 2. The summed E-state index contributed by atoms with van der Waals surface area (Å²) < 4.78 is 10.7. The molecule has 0 aliphatic heterocycles. The number of anilines is 2. The van der Waals surface area contributed by atoms with Crippen LogP contribution in [0.5, 0.6) is 5.75 Å². The molecule has 2 amide bonds. The van der Waals surface area contributed by atoms with Crippen LogP contribution in [0.2, 0.25) is 0 Å². The van der Waals surface area contributed by atoms with Gasteiger partial charge in [-0.25, -0.2) is 0 Å². The Hall–Kier alpha value is -4.13. The molecule has 2 heterocycles. The maximum absolute atomic E-state index is 12.5. The maximum atomic E-state index is 12.5. The number of hydrogen-bond acceptors (Lipinski definition) is 5. The zero-order chi connectivity index (χ0) is 20.9. The van der Waals surface area contributed by atoms with E-state index in [0.717, 1.165) is 10.9 Å². The number of methoxy groups -OCH3 is 1. The van der Waals surface area contributed by atoms with Gasteiger partial charge in [0.1, 0.15) is 11.3 Å². The predicted octanol–water partition coefficient (Wildman–Crippen LogP) is 4.27. The molecule has 0 saturated carbocycles. The zero-order valence-electron chi connectivity index (χ0n) is 16.2. The van der Waals surface area contributed by atoms with E-state index in [9.17, 15) is 9.59 Å². The number of pyridine rings is 1. The number of nitrogens with one attached hydrogen (secondary N) is 2. The van der Waals surface area contributed by atoms with Gasteiger partial charge in [0.05, 0.1) is 19.8 Å². The monoisotopic (exact) mass is 401 g/mol. The fraction of sp³-hybridized carbons (Fsp3) is 0.0870. The molecule has 0 atom stereocenters. The van der Waals surface area contributed by atoms with E-state index in [0.29, 0.717) is 28.3 Å². The topological polar surface area (TPSA) is 93.5 Å². The van der Waals surface area contributed by atoms with Crippen LogP contribution in [0.3, 0.4) is 0 Å². The third-order valence-electron chi connectivity index (χ3n) is 4.56. The highest BCUT2D eigenvalue weighted by molar-refractivity contribution is 6.05. The van der Waals surface area contributed by atoms with Crippen molar-refractivity contribution >= 4 is 34.2 Å². The van der Waals surface area contributed by atoms with E-state index < -0.39 is 0 Å². The summed E-state index contributed by atoms with van der Waals surface area (Å²) in [6.07, 6.45) is 4.92. The van der Waals surface area contributed by atoms with Crippen molar-refractivity contribution in [2.75, 3.05) is 17.7 Å². The second-order valence-electron chi connectivity index (χ2n) is 6.62. The number of amides is 2. The summed E-state index contributed by atoms with van der Waals surface area (Å²) in [6, 6.07) is 15.6. The zero-order valence-corrected chi connectivity index (χ0v) is 16.2. The summed E-state index contributed by atoms with van der Waals surface area (Å²) in [5.74, 6) is 0.210. The summed E-state index contributed by atoms with van der Waals surface area (Å²) in [5.41, 5.74) is 3.05. The minimum absolute atomic E-state index is 0.146. The van der Waals surface area contributed by atoms with Gasteiger partial charge in [-0.05, 0) is 42.5 Å². The van der Waals surface area contributed by atoms with E-state index in [-0.39, 0.29) is 18.2 Å². The number of fused-ring (bicyclic) bond motifs is 1. The molecule has 7 nitrogen and oxygen atoms in total. The van der Waals surface area contributed by atoms with E-state index in [2.05, 4.69) is 15.6 Å². The van der Waals surface area contributed by atoms with E-state index in [1.165, 1.54) is 0 Å². The van der Waals surface area contributed by atoms with Crippen molar-refractivity contribution in [3.05, 3.63) is 84.4 Å². The number of rotatable bonds is 6. The van der Waals surface area contributed by atoms with Crippen LogP contribution < -0.4 is 15.4 Å². The molecule has 30 heavy (non-hydrogen) atoms. The minimum Gasteiger partial charge on any atom is -0.497 e. The van der Waals surface area contributed by atoms with Gasteiger partial charge in [-0.1, -0.05) is 6.07 Å². The van der Waals surface area contributed by atoms with E-state index in [4.69, 9.17) is 9.15 Å². The van der Waals surface area contributed by atoms with Crippen molar-refractivity contribution in [3.63, 3.8) is 0 Å². The van der Waals surface area contributed by atoms with Crippen LogP contribution in [0, 0.1) is 0 Å². The number of nitrogens with zero attached hydrogens (tertiary/aromatic N) is 1. The molecular formula is C23H19N3O4. The van der Waals surface area contributed by atoms with E-state index in [1.54, 1.807) is 68.2 Å². The third-order valence-corrected chi connectivity index (χ3v) is 4.56. The molecule has 4 rings (SSSR count). The molecule has 0 fully saturated rings. The number of benzene rings is 2. The number of hydrogen-bond donors (Lipinski definition) is 2. The highest BCUT2D eigenvalue weighted by Crippen LogP contribution is 2.26. The Morgan fingerprint density at radius 1 is 1.00 bits per heavy atom. The van der Waals surface area contributed by atoms with Gasteiger partial charge >= 0.3 is 0 Å². The lowest BCUT2D eigenvalue weighted by atomic mass is 10.1. The van der Waals surface area contributed by atoms with Crippen LogP contribution in [0.4, 0.5) is 11.4 Å². The molecule has 150 valence electrons. The molecule has 0 aliphatic rings. The molecule has 0 unspecified atom stereocenters. The molecule has 2 N–H and O–H groups in total. The first-order chi connectivity index (χ1) is 14.6. The molecule has 2 aromatic heterocycles. The minimum atomic E-state index is -0.271. The van der Waals surface area contributed by atoms with Crippen LogP contribution in [0.25, 0.3) is 11.0 Å². The summed E-state index contributed by atoms with van der Waals surface area (Å²) in [7, 11) is 1.59. The first kappa shape index (κ1) is 19.2. The van der Waals surface area contributed by atoms with Gasteiger partial charge in [0.2, 0.25) is 5.91 Å². The Morgan fingerprint density at radius 2 is 1.83 bits per heavy atom. The SMILES string of the molecule is COc1ccc2c(CC(=O)Nc3cccc(C(=O)Nc4ccncc4)c3)coc2c1. The van der Waals surface area contributed by atoms with Crippen molar-refractivity contribution in [2.24, 2.45) is 0 Å². The second kappa shape index (κ2) is 8.48. The average molecular weight is 401 g/mol. The van der Waals surface area contributed by atoms with Crippen LogP contribution in [0.1, 0.15) is 15.9 Å². The smallest absolute Gasteiger partial charge is 0.255 e. The van der Waals surface area contributed by atoms with Crippen molar-refractivity contribution < 1.29 is 18.7 Å². The summed E-state index contributed by atoms with van der Waals surface area (Å²) in [6.45, 7) is 0. The Labute approximate surface area is 172 Å². The first-order valence-corrected chi connectivity index (χ1v) is 9.28. The van der Waals surface area contributed by atoms with Crippen molar-refractivity contribution in [1.82, 2.24) is 4.98 Å². The predicted molar refractivity (Wildman–Crippen MR) is 114 cm³/mol. The molecule has 0 aliphatic carbocycles. The lowest BCUT2D eigenvalue weighted by Crippen LogP contribution is -2.16. The molecule has 4 aromatic rings. The highest BCUT2D eigenvalue weighted by Gasteiger charge is 2.13. The second-order valence-corrected chi connectivity index (χ2v) is 6.62. The van der Waals surface area contributed by atoms with Crippen LogP contribution in [-0.2, 0) is 11.2 Å². The normalized spacial score (nSPS) is 10.6. The van der Waals surface area contributed by atoms with Gasteiger partial charge < -0.3 is 19.8 Å². The highest BCUT2D eigenvalue weighted by atomic mass is 16.5. The Morgan fingerprint density at radius 3 is 2.63 bits per heavy atom. The summed E-state index contributed by atoms with van der Waals surface area (Å²) >= 11 is 0. The maximum Gasteiger partial charge on any atom is 0.255 e. The Kier molecular flexibility index (Phi) is 5.43. The van der Waals surface area contributed by atoms with E-state index in [1.807, 2.05) is 12.1 Å². The van der Waals surface area contributed by atoms with Crippen molar-refractivity contribution in [1.29, 1.82) is 0 Å². The fourth-order valence-electron chi connectivity index (χ4n) is 3.08. The molecule has 0 bridgehead atoms. The molecule has 0 saturated heterocycles. The van der Waals surface area contributed by atoms with Crippen molar-refractivity contribution in [3.8, 4) is 5.75 Å². The number of ether oxygens (including phenoxy) is 1. The molecule has 0 radical (unpaired) electrons. The fourth-order valence-corrected chi connectivity index (χ4v) is 3.08. The van der Waals surface area contributed by atoms with Gasteiger partial charge in [0, 0.05) is 46.3 Å². The lowest BCUT2D eigenvalue weighted by molar-refractivity contribution is -0.115. The third kappa shape index (κ3) is 4.30. The van der Waals surface area contributed by atoms with Gasteiger partial charge in [0.15, 0.2) is 0 Å². The Bertz CT molecular complexity index is 1200. The molecular weight excluding hydrogens is 382 g/mol. The number of aromatic nitrogens is 1. The standard InChI is InChI=1S/C23H19N3O4/c1-29-19-5-6-20-16(14-30-21(20)13-19)12-22(27)25-18-4-2-3-15(11-18)23(28)26-17-7-9-24-10-8-17/h2-11,13-14H,12H2,1H3,(H,25,27)(H,24,26,28). The quantitative estimate of drug-likeness (QED) is 0.503. The number of carbonyl (C=O) groups excluding carboxylic acids is 2. The van der Waals surface area contributed by atoms with E-state index >= 15 is 0 Å². The molecule has 7 heteroatoms. The summed E-state index contributed by atoms with van der Waals surface area (Å²) in [4.78, 5) is 28.9. The van der Waals surface area contributed by atoms with Gasteiger partial charge in [-0.15, -0.1) is 0 Å². The number of furan rings is 1. The molecule has 0 spiro atoms. The average Bonchev–Trinajstić information content (AvgIpc) is 3.16. The van der Waals surface area contributed by atoms with Crippen LogP contribution in [-0.4, -0.2) is 23.9 Å². The summed E-state index contributed by atoms with van der Waals surface area (Å²) in [5, 5.41) is 6.48. The van der Waals surface area contributed by atoms with Gasteiger partial charge in [-0.2, -0.15) is 0 Å². The van der Waals surface area contributed by atoms with Gasteiger partial charge in [0.25, 0.3) is 5.91 Å². The lowest BCUT2D eigenvalue weighted by Gasteiger charge is -2.08. The van der Waals surface area contributed by atoms with Gasteiger partial charge in [-0.3, -0.25) is 14.6 Å². The largest absolute Gasteiger partial charge is 0.497 e. The molecule has 2 aromatic carbocycles. The van der Waals surface area contributed by atoms with Crippen molar-refractivity contribution in [2.45, 2.75) is 6.42 Å².